The van der Waals surface area contributed by atoms with Gasteiger partial charge in [0, 0.05) is 17.3 Å². The minimum absolute atomic E-state index is 0.199. The van der Waals surface area contributed by atoms with Crippen molar-refractivity contribution in [3.05, 3.63) is 87.2 Å². The van der Waals surface area contributed by atoms with E-state index in [1.807, 2.05) is 38.1 Å². The van der Waals surface area contributed by atoms with Crippen LogP contribution in [0.5, 0.6) is 0 Å². The van der Waals surface area contributed by atoms with Crippen LogP contribution in [-0.2, 0) is 13.1 Å². The third-order valence-electron chi connectivity index (χ3n) is 4.62. The van der Waals surface area contributed by atoms with E-state index in [-0.39, 0.29) is 11.7 Å². The lowest BCUT2D eigenvalue weighted by Gasteiger charge is -2.03. The maximum absolute atomic E-state index is 12.5. The lowest BCUT2D eigenvalue weighted by molar-refractivity contribution is 0.0994. The number of rotatable bonds is 6. The first-order valence-corrected chi connectivity index (χ1v) is 10.0. The van der Waals surface area contributed by atoms with Gasteiger partial charge < -0.3 is 9.73 Å². The van der Waals surface area contributed by atoms with Crippen LogP contribution in [-0.4, -0.2) is 25.5 Å². The summed E-state index contributed by atoms with van der Waals surface area (Å²) in [5.74, 6) is 0.877. The van der Waals surface area contributed by atoms with Crippen LogP contribution in [0.4, 0.5) is 5.82 Å². The molecule has 0 atom stereocenters. The quantitative estimate of drug-likeness (QED) is 0.457. The van der Waals surface area contributed by atoms with E-state index in [1.165, 1.54) is 0 Å². The molecule has 3 heterocycles. The molecule has 1 N–H and O–H groups in total. The number of benzene rings is 1. The van der Waals surface area contributed by atoms with Gasteiger partial charge in [-0.25, -0.2) is 0 Å². The topological polar surface area (TPSA) is 77.9 Å². The van der Waals surface area contributed by atoms with Crippen LogP contribution >= 0.6 is 23.2 Å². The van der Waals surface area contributed by atoms with Gasteiger partial charge in [0.1, 0.15) is 5.76 Å². The molecule has 30 heavy (non-hydrogen) atoms. The number of anilines is 1. The number of aromatic nitrogens is 4. The van der Waals surface area contributed by atoms with Gasteiger partial charge in [-0.3, -0.25) is 14.2 Å². The molecule has 0 radical (unpaired) electrons. The molecule has 0 fully saturated rings. The van der Waals surface area contributed by atoms with Crippen molar-refractivity contribution in [2.24, 2.45) is 0 Å². The average Bonchev–Trinajstić information content (AvgIpc) is 3.42. The minimum Gasteiger partial charge on any atom is -0.454 e. The SMILES string of the molecule is Cc1nn(Cc2ccc(C(=O)Nc3ccn(Cc4ccc(Cl)cc4)n3)o2)c(C)c1Cl. The van der Waals surface area contributed by atoms with Gasteiger partial charge in [-0.2, -0.15) is 10.2 Å². The average molecular weight is 444 g/mol. The molecule has 9 heteroatoms. The van der Waals surface area contributed by atoms with Crippen LogP contribution in [0.3, 0.4) is 0 Å². The van der Waals surface area contributed by atoms with Crippen molar-refractivity contribution >= 4 is 34.9 Å². The molecular weight excluding hydrogens is 425 g/mol. The molecule has 4 rings (SSSR count). The summed E-state index contributed by atoms with van der Waals surface area (Å²) < 4.78 is 9.16. The zero-order chi connectivity index (χ0) is 21.3. The van der Waals surface area contributed by atoms with E-state index in [1.54, 1.807) is 33.8 Å². The Kier molecular flexibility index (Phi) is 5.65. The van der Waals surface area contributed by atoms with E-state index in [2.05, 4.69) is 15.5 Å². The number of carbonyl (C=O) groups excluding carboxylic acids is 1. The summed E-state index contributed by atoms with van der Waals surface area (Å²) in [6.45, 7) is 4.70. The van der Waals surface area contributed by atoms with Crippen molar-refractivity contribution in [3.8, 4) is 0 Å². The number of aryl methyl sites for hydroxylation is 1. The first-order chi connectivity index (χ1) is 14.4. The molecule has 7 nitrogen and oxygen atoms in total. The van der Waals surface area contributed by atoms with Gasteiger partial charge in [-0.05, 0) is 43.7 Å². The molecule has 4 aromatic rings. The summed E-state index contributed by atoms with van der Waals surface area (Å²) in [7, 11) is 0. The fourth-order valence-electron chi connectivity index (χ4n) is 3.03. The molecule has 154 valence electrons. The second-order valence-electron chi connectivity index (χ2n) is 6.89. The highest BCUT2D eigenvalue weighted by molar-refractivity contribution is 6.31. The molecule has 1 amide bonds. The van der Waals surface area contributed by atoms with Crippen LogP contribution in [0.15, 0.2) is 53.1 Å². The summed E-state index contributed by atoms with van der Waals surface area (Å²) in [6, 6.07) is 12.6. The summed E-state index contributed by atoms with van der Waals surface area (Å²) in [6.07, 6.45) is 1.80. The van der Waals surface area contributed by atoms with Crippen molar-refractivity contribution in [2.45, 2.75) is 26.9 Å². The van der Waals surface area contributed by atoms with Crippen molar-refractivity contribution in [1.82, 2.24) is 19.6 Å². The smallest absolute Gasteiger partial charge is 0.292 e. The molecule has 3 aromatic heterocycles. The van der Waals surface area contributed by atoms with Gasteiger partial charge in [0.05, 0.1) is 29.5 Å². The Balaban J connectivity index is 1.39. The van der Waals surface area contributed by atoms with E-state index < -0.39 is 0 Å². The predicted octanol–water partition coefficient (Wildman–Crippen LogP) is 4.95. The maximum atomic E-state index is 12.5. The maximum Gasteiger partial charge on any atom is 0.292 e. The highest BCUT2D eigenvalue weighted by atomic mass is 35.5. The molecule has 0 saturated heterocycles. The molecule has 0 spiro atoms. The fraction of sp³-hybridized carbons (Fsp3) is 0.190. The molecule has 0 aliphatic heterocycles. The van der Waals surface area contributed by atoms with Crippen LogP contribution in [0, 0.1) is 13.8 Å². The van der Waals surface area contributed by atoms with E-state index in [9.17, 15) is 4.79 Å². The van der Waals surface area contributed by atoms with Gasteiger partial charge in [0.25, 0.3) is 5.91 Å². The highest BCUT2D eigenvalue weighted by Crippen LogP contribution is 2.21. The van der Waals surface area contributed by atoms with Crippen LogP contribution in [0.25, 0.3) is 0 Å². The molecular formula is C21H19Cl2N5O2. The van der Waals surface area contributed by atoms with Crippen LogP contribution in [0.1, 0.15) is 33.3 Å². The number of nitrogens with one attached hydrogen (secondary N) is 1. The van der Waals surface area contributed by atoms with Crippen molar-refractivity contribution in [2.75, 3.05) is 5.32 Å². The minimum atomic E-state index is -0.371. The Hall–Kier alpha value is -3.03. The lowest BCUT2D eigenvalue weighted by Crippen LogP contribution is -2.12. The third kappa shape index (κ3) is 4.42. The molecule has 0 aliphatic carbocycles. The van der Waals surface area contributed by atoms with Crippen LogP contribution < -0.4 is 5.32 Å². The number of halogens is 2. The van der Waals surface area contributed by atoms with E-state index in [0.29, 0.717) is 34.7 Å². The Labute approximate surface area is 183 Å². The number of amides is 1. The van der Waals surface area contributed by atoms with Gasteiger partial charge in [-0.15, -0.1) is 0 Å². The van der Waals surface area contributed by atoms with Gasteiger partial charge in [0.2, 0.25) is 0 Å². The van der Waals surface area contributed by atoms with Gasteiger partial charge in [-0.1, -0.05) is 35.3 Å². The normalized spacial score (nSPS) is 11.1. The van der Waals surface area contributed by atoms with Crippen molar-refractivity contribution in [1.29, 1.82) is 0 Å². The third-order valence-corrected chi connectivity index (χ3v) is 5.42. The van der Waals surface area contributed by atoms with E-state index >= 15 is 0 Å². The predicted molar refractivity (Wildman–Crippen MR) is 115 cm³/mol. The molecule has 0 saturated carbocycles. The van der Waals surface area contributed by atoms with E-state index in [0.717, 1.165) is 17.0 Å². The Morgan fingerprint density at radius 2 is 1.80 bits per heavy atom. The number of hydrogen-bond donors (Lipinski definition) is 1. The number of hydrogen-bond acceptors (Lipinski definition) is 4. The Bertz CT molecular complexity index is 1190. The summed E-state index contributed by atoms with van der Waals surface area (Å²) in [5, 5.41) is 12.8. The highest BCUT2D eigenvalue weighted by Gasteiger charge is 2.15. The molecule has 0 aliphatic rings. The number of furan rings is 1. The Morgan fingerprint density at radius 3 is 2.50 bits per heavy atom. The summed E-state index contributed by atoms with van der Waals surface area (Å²) in [5.41, 5.74) is 2.66. The fourth-order valence-corrected chi connectivity index (χ4v) is 3.29. The number of carbonyl (C=O) groups is 1. The molecule has 0 unspecified atom stereocenters. The number of nitrogens with zero attached hydrogens (tertiary/aromatic N) is 4. The van der Waals surface area contributed by atoms with Crippen molar-refractivity contribution in [3.63, 3.8) is 0 Å². The van der Waals surface area contributed by atoms with Gasteiger partial charge >= 0.3 is 0 Å². The largest absolute Gasteiger partial charge is 0.454 e. The zero-order valence-electron chi connectivity index (χ0n) is 16.4. The monoisotopic (exact) mass is 443 g/mol. The zero-order valence-corrected chi connectivity index (χ0v) is 17.9. The van der Waals surface area contributed by atoms with E-state index in [4.69, 9.17) is 27.6 Å². The summed E-state index contributed by atoms with van der Waals surface area (Å²) in [4.78, 5) is 12.5. The van der Waals surface area contributed by atoms with Gasteiger partial charge in [0.15, 0.2) is 11.6 Å². The second-order valence-corrected chi connectivity index (χ2v) is 7.70. The second kappa shape index (κ2) is 8.38. The standard InChI is InChI=1S/C21H19Cl2N5O2/c1-13-20(23)14(2)28(25-13)12-17-7-8-18(30-17)21(29)24-19-9-10-27(26-19)11-15-3-5-16(22)6-4-15/h3-10H,11-12H2,1-2H3,(H,24,26,29). The summed E-state index contributed by atoms with van der Waals surface area (Å²) >= 11 is 12.1. The molecule has 0 bridgehead atoms. The van der Waals surface area contributed by atoms with Crippen LogP contribution in [0.2, 0.25) is 10.0 Å². The molecule has 1 aromatic carbocycles. The first-order valence-electron chi connectivity index (χ1n) is 9.26. The lowest BCUT2D eigenvalue weighted by atomic mass is 10.2. The first kappa shape index (κ1) is 20.3. The Morgan fingerprint density at radius 1 is 1.03 bits per heavy atom. The van der Waals surface area contributed by atoms with Crippen molar-refractivity contribution < 1.29 is 9.21 Å².